The van der Waals surface area contributed by atoms with E-state index in [4.69, 9.17) is 0 Å². The van der Waals surface area contributed by atoms with Crippen LogP contribution < -0.4 is 4.90 Å². The zero-order valence-corrected chi connectivity index (χ0v) is 9.34. The van der Waals surface area contributed by atoms with Crippen molar-refractivity contribution in [2.75, 3.05) is 4.90 Å². The van der Waals surface area contributed by atoms with Crippen molar-refractivity contribution in [1.29, 1.82) is 0 Å². The Kier molecular flexibility index (Phi) is 2.31. The largest absolute Gasteiger partial charge is 0.480 e. The molecule has 3 unspecified atom stereocenters. The maximum atomic E-state index is 13.8. The zero-order valence-electron chi connectivity index (χ0n) is 9.34. The van der Waals surface area contributed by atoms with E-state index in [-0.39, 0.29) is 17.8 Å². The molecule has 1 aliphatic carbocycles. The normalized spacial score (nSPS) is 30.9. The zero-order chi connectivity index (χ0) is 12.0. The van der Waals surface area contributed by atoms with E-state index in [0.717, 1.165) is 19.3 Å². The van der Waals surface area contributed by atoms with Crippen LogP contribution >= 0.6 is 0 Å². The molecule has 17 heavy (non-hydrogen) atoms. The number of anilines is 1. The Hall–Kier alpha value is -1.58. The Labute approximate surface area is 98.9 Å². The molecule has 4 heteroatoms. The van der Waals surface area contributed by atoms with E-state index in [2.05, 4.69) is 0 Å². The molecule has 1 N–H and O–H groups in total. The summed E-state index contributed by atoms with van der Waals surface area (Å²) in [6.07, 6.45) is 2.81. The van der Waals surface area contributed by atoms with Gasteiger partial charge in [0.2, 0.25) is 0 Å². The van der Waals surface area contributed by atoms with Crippen molar-refractivity contribution in [3.8, 4) is 0 Å². The number of benzene rings is 1. The van der Waals surface area contributed by atoms with Crippen LogP contribution in [0.2, 0.25) is 0 Å². The molecule has 1 aliphatic heterocycles. The number of carboxylic acids is 1. The van der Waals surface area contributed by atoms with Gasteiger partial charge in [-0.25, -0.2) is 9.18 Å². The first-order valence-electron chi connectivity index (χ1n) is 5.94. The summed E-state index contributed by atoms with van der Waals surface area (Å²) in [4.78, 5) is 13.1. The van der Waals surface area contributed by atoms with Crippen LogP contribution in [0.1, 0.15) is 19.3 Å². The highest BCUT2D eigenvalue weighted by atomic mass is 19.1. The molecule has 0 radical (unpaired) electrons. The van der Waals surface area contributed by atoms with Crippen LogP contribution in [0.4, 0.5) is 10.1 Å². The minimum atomic E-state index is -0.833. The lowest BCUT2D eigenvalue weighted by Gasteiger charge is -2.34. The molecule has 3 rings (SSSR count). The molecule has 0 amide bonds. The van der Waals surface area contributed by atoms with Gasteiger partial charge in [0, 0.05) is 6.04 Å². The molecular weight excluding hydrogens is 221 g/mol. The molecule has 1 heterocycles. The van der Waals surface area contributed by atoms with Gasteiger partial charge in [0.15, 0.2) is 0 Å². The van der Waals surface area contributed by atoms with E-state index in [0.29, 0.717) is 5.69 Å². The summed E-state index contributed by atoms with van der Waals surface area (Å²) in [7, 11) is 0. The van der Waals surface area contributed by atoms with Crippen LogP contribution in [0.3, 0.4) is 0 Å². The molecule has 1 saturated carbocycles. The number of halogens is 1. The van der Waals surface area contributed by atoms with Crippen LogP contribution in [0.25, 0.3) is 0 Å². The quantitative estimate of drug-likeness (QED) is 0.854. The van der Waals surface area contributed by atoms with Crippen molar-refractivity contribution in [2.24, 2.45) is 5.92 Å². The molecule has 1 aromatic rings. The van der Waals surface area contributed by atoms with Crippen molar-refractivity contribution >= 4 is 11.7 Å². The Morgan fingerprint density at radius 1 is 1.35 bits per heavy atom. The van der Waals surface area contributed by atoms with E-state index >= 15 is 0 Å². The molecule has 1 aromatic carbocycles. The number of nitrogens with zero attached hydrogens (tertiary/aromatic N) is 1. The number of aliphatic carboxylic acids is 1. The van der Waals surface area contributed by atoms with Gasteiger partial charge < -0.3 is 10.0 Å². The van der Waals surface area contributed by atoms with E-state index in [9.17, 15) is 14.3 Å². The molecule has 90 valence electrons. The average molecular weight is 235 g/mol. The third-order valence-corrected chi connectivity index (χ3v) is 3.97. The number of para-hydroxylation sites is 1. The van der Waals surface area contributed by atoms with E-state index in [1.807, 2.05) is 0 Å². The minimum absolute atomic E-state index is 0.178. The van der Waals surface area contributed by atoms with Gasteiger partial charge in [-0.05, 0) is 37.3 Å². The number of piperidine rings is 1. The van der Waals surface area contributed by atoms with E-state index < -0.39 is 12.0 Å². The predicted molar refractivity (Wildman–Crippen MR) is 61.4 cm³/mol. The molecule has 3 nitrogen and oxygen atoms in total. The highest BCUT2D eigenvalue weighted by Gasteiger charge is 2.49. The number of carboxylic acid groups (broad SMARTS) is 1. The molecular formula is C13H14FNO2. The predicted octanol–water partition coefficient (Wildman–Crippen LogP) is 2.27. The Balaban J connectivity index is 2.02. The second-order valence-electron chi connectivity index (χ2n) is 4.87. The second-order valence-corrected chi connectivity index (χ2v) is 4.87. The number of fused-ring (bicyclic) bond motifs is 2. The van der Waals surface area contributed by atoms with Crippen LogP contribution in [0, 0.1) is 11.7 Å². The summed E-state index contributed by atoms with van der Waals surface area (Å²) in [6.45, 7) is 0. The van der Waals surface area contributed by atoms with Gasteiger partial charge in [0.05, 0.1) is 5.69 Å². The van der Waals surface area contributed by atoms with Crippen molar-refractivity contribution in [3.63, 3.8) is 0 Å². The van der Waals surface area contributed by atoms with Gasteiger partial charge in [0.1, 0.15) is 11.9 Å². The number of rotatable bonds is 2. The Morgan fingerprint density at radius 3 is 2.82 bits per heavy atom. The van der Waals surface area contributed by atoms with Crippen molar-refractivity contribution in [1.82, 2.24) is 0 Å². The van der Waals surface area contributed by atoms with Crippen LogP contribution in [-0.4, -0.2) is 23.2 Å². The molecule has 0 spiro atoms. The lowest BCUT2D eigenvalue weighted by atomic mass is 9.98. The van der Waals surface area contributed by atoms with E-state index in [1.54, 1.807) is 23.1 Å². The van der Waals surface area contributed by atoms with Gasteiger partial charge in [-0.2, -0.15) is 0 Å². The van der Waals surface area contributed by atoms with Crippen LogP contribution in [0.5, 0.6) is 0 Å². The summed E-state index contributed by atoms with van der Waals surface area (Å²) in [5.41, 5.74) is 0.437. The summed E-state index contributed by atoms with van der Waals surface area (Å²) in [5, 5.41) is 9.29. The van der Waals surface area contributed by atoms with Crippen LogP contribution in [0.15, 0.2) is 24.3 Å². The maximum Gasteiger partial charge on any atom is 0.326 e. The van der Waals surface area contributed by atoms with Gasteiger partial charge in [-0.3, -0.25) is 0 Å². The standard InChI is InChI=1S/C13H14FNO2/c14-10-3-1-2-4-11(10)15-9-6-5-8(7-9)12(15)13(16)17/h1-4,8-9,12H,5-7H2,(H,16,17). The summed E-state index contributed by atoms with van der Waals surface area (Å²) < 4.78 is 13.8. The van der Waals surface area contributed by atoms with Crippen molar-refractivity contribution in [2.45, 2.75) is 31.3 Å². The van der Waals surface area contributed by atoms with Crippen LogP contribution in [-0.2, 0) is 4.79 Å². The van der Waals surface area contributed by atoms with Gasteiger partial charge in [-0.15, -0.1) is 0 Å². The number of carbonyl (C=O) groups is 1. The molecule has 1 saturated heterocycles. The molecule has 2 aliphatic rings. The lowest BCUT2D eigenvalue weighted by Crippen LogP contribution is -2.46. The van der Waals surface area contributed by atoms with Crippen molar-refractivity contribution in [3.05, 3.63) is 30.1 Å². The monoisotopic (exact) mass is 235 g/mol. The first kappa shape index (κ1) is 10.6. The lowest BCUT2D eigenvalue weighted by molar-refractivity contribution is -0.139. The molecule has 3 atom stereocenters. The average Bonchev–Trinajstić information content (AvgIpc) is 2.89. The fraction of sp³-hybridized carbons (Fsp3) is 0.462. The minimum Gasteiger partial charge on any atom is -0.480 e. The molecule has 2 bridgehead atoms. The highest BCUT2D eigenvalue weighted by Crippen LogP contribution is 2.45. The van der Waals surface area contributed by atoms with E-state index in [1.165, 1.54) is 6.07 Å². The molecule has 2 fully saturated rings. The van der Waals surface area contributed by atoms with Gasteiger partial charge in [-0.1, -0.05) is 12.1 Å². The second kappa shape index (κ2) is 3.72. The highest BCUT2D eigenvalue weighted by molar-refractivity contribution is 5.80. The summed E-state index contributed by atoms with van der Waals surface area (Å²) in [6, 6.07) is 6.09. The SMILES string of the molecule is O=C(O)C1C2CCC(C2)N1c1ccccc1F. The third kappa shape index (κ3) is 1.51. The topological polar surface area (TPSA) is 40.5 Å². The first-order chi connectivity index (χ1) is 8.18. The van der Waals surface area contributed by atoms with Gasteiger partial charge in [0.25, 0.3) is 0 Å². The number of hydrogen-bond acceptors (Lipinski definition) is 2. The third-order valence-electron chi connectivity index (χ3n) is 3.97. The Morgan fingerprint density at radius 2 is 2.12 bits per heavy atom. The van der Waals surface area contributed by atoms with Gasteiger partial charge >= 0.3 is 5.97 Å². The summed E-state index contributed by atoms with van der Waals surface area (Å²) >= 11 is 0. The fourth-order valence-corrected chi connectivity index (χ4v) is 3.31. The van der Waals surface area contributed by atoms with Crippen molar-refractivity contribution < 1.29 is 14.3 Å². The molecule has 0 aromatic heterocycles. The number of hydrogen-bond donors (Lipinski definition) is 1. The summed E-state index contributed by atoms with van der Waals surface area (Å²) in [5.74, 6) is -0.983. The smallest absolute Gasteiger partial charge is 0.326 e. The fourth-order valence-electron chi connectivity index (χ4n) is 3.31. The first-order valence-corrected chi connectivity index (χ1v) is 5.94. The Bertz CT molecular complexity index is 462. The maximum absolute atomic E-state index is 13.8.